The van der Waals surface area contributed by atoms with E-state index in [0.717, 1.165) is 18.5 Å². The van der Waals surface area contributed by atoms with Gasteiger partial charge in [0.2, 0.25) is 0 Å². The Hall–Kier alpha value is -1.22. The minimum atomic E-state index is -0.962. The summed E-state index contributed by atoms with van der Waals surface area (Å²) in [5.74, 6) is -0.259. The van der Waals surface area contributed by atoms with Gasteiger partial charge in [0.1, 0.15) is 5.56 Å². The summed E-state index contributed by atoms with van der Waals surface area (Å²) in [6.07, 6.45) is 4.71. The molecule has 104 valence electrons. The molecule has 0 saturated heterocycles. The Labute approximate surface area is 119 Å². The lowest BCUT2D eigenvalue weighted by Crippen LogP contribution is -2.36. The van der Waals surface area contributed by atoms with E-state index >= 15 is 0 Å². The Kier molecular flexibility index (Phi) is 4.35. The lowest BCUT2D eigenvalue weighted by Gasteiger charge is -2.36. The lowest BCUT2D eigenvalue weighted by atomic mass is 9.86. The molecule has 19 heavy (non-hydrogen) atoms. The van der Waals surface area contributed by atoms with Crippen molar-refractivity contribution < 1.29 is 9.90 Å². The quantitative estimate of drug-likeness (QED) is 0.908. The van der Waals surface area contributed by atoms with E-state index in [1.807, 2.05) is 19.2 Å². The molecular weight excluding hydrogens is 262 g/mol. The van der Waals surface area contributed by atoms with Crippen molar-refractivity contribution in [3.63, 3.8) is 0 Å². The molecule has 1 saturated carbocycles. The highest BCUT2D eigenvalue weighted by Gasteiger charge is 2.26. The maximum Gasteiger partial charge on any atom is 0.339 e. The third kappa shape index (κ3) is 3.03. The van der Waals surface area contributed by atoms with Crippen LogP contribution in [0.4, 0.5) is 5.69 Å². The minimum Gasteiger partial charge on any atom is -0.478 e. The van der Waals surface area contributed by atoms with Gasteiger partial charge in [-0.1, -0.05) is 37.4 Å². The van der Waals surface area contributed by atoms with Crippen LogP contribution in [0.1, 0.15) is 43.0 Å². The smallest absolute Gasteiger partial charge is 0.339 e. The molecule has 2 unspecified atom stereocenters. The topological polar surface area (TPSA) is 40.5 Å². The summed E-state index contributed by atoms with van der Waals surface area (Å²) in [5.41, 5.74) is 0.934. The number of rotatable bonds is 3. The van der Waals surface area contributed by atoms with Crippen molar-refractivity contribution in [3.8, 4) is 0 Å². The largest absolute Gasteiger partial charge is 0.478 e. The number of nitrogens with zero attached hydrogens (tertiary/aromatic N) is 1. The summed E-state index contributed by atoms with van der Waals surface area (Å²) in [6.45, 7) is 2.26. The molecule has 3 nitrogen and oxygen atoms in total. The first-order valence-electron chi connectivity index (χ1n) is 6.75. The van der Waals surface area contributed by atoms with Crippen LogP contribution in [0.3, 0.4) is 0 Å². The summed E-state index contributed by atoms with van der Waals surface area (Å²) in [5, 5.41) is 9.64. The van der Waals surface area contributed by atoms with Gasteiger partial charge < -0.3 is 10.0 Å². The van der Waals surface area contributed by atoms with Crippen molar-refractivity contribution >= 4 is 23.3 Å². The van der Waals surface area contributed by atoms with E-state index in [2.05, 4.69) is 11.8 Å². The summed E-state index contributed by atoms with van der Waals surface area (Å²) in [7, 11) is 1.97. The Morgan fingerprint density at radius 1 is 1.42 bits per heavy atom. The number of carboxylic acids is 1. The summed E-state index contributed by atoms with van der Waals surface area (Å²) in [4.78, 5) is 13.5. The molecule has 2 rings (SSSR count). The number of halogens is 1. The number of hydrogen-bond acceptors (Lipinski definition) is 2. The summed E-state index contributed by atoms with van der Waals surface area (Å²) < 4.78 is 0. The molecule has 0 spiro atoms. The molecular formula is C15H20ClNO2. The van der Waals surface area contributed by atoms with Crippen LogP contribution in [0.25, 0.3) is 0 Å². The zero-order chi connectivity index (χ0) is 14.0. The van der Waals surface area contributed by atoms with Gasteiger partial charge in [-0.2, -0.15) is 0 Å². The van der Waals surface area contributed by atoms with Crippen LogP contribution in [0.5, 0.6) is 0 Å². The monoisotopic (exact) mass is 281 g/mol. The first-order valence-corrected chi connectivity index (χ1v) is 7.13. The molecule has 0 aliphatic heterocycles. The number of hydrogen-bond donors (Lipinski definition) is 1. The molecule has 4 heteroatoms. The van der Waals surface area contributed by atoms with Crippen molar-refractivity contribution in [3.05, 3.63) is 28.8 Å². The molecule has 1 aromatic rings. The first-order chi connectivity index (χ1) is 9.00. The van der Waals surface area contributed by atoms with Crippen LogP contribution < -0.4 is 4.90 Å². The first kappa shape index (κ1) is 14.2. The van der Waals surface area contributed by atoms with Gasteiger partial charge in [0.15, 0.2) is 0 Å². The van der Waals surface area contributed by atoms with Crippen molar-refractivity contribution in [2.24, 2.45) is 5.92 Å². The second-order valence-corrected chi connectivity index (χ2v) is 5.88. The molecule has 0 heterocycles. The van der Waals surface area contributed by atoms with Crippen LogP contribution >= 0.6 is 11.6 Å². The van der Waals surface area contributed by atoms with E-state index in [1.54, 1.807) is 6.07 Å². The zero-order valence-corrected chi connectivity index (χ0v) is 12.2. The van der Waals surface area contributed by atoms with E-state index in [1.165, 1.54) is 12.8 Å². The SMILES string of the molecule is CC1CCCC(N(C)c2cccc(Cl)c2C(=O)O)C1. The van der Waals surface area contributed by atoms with Gasteiger partial charge in [0, 0.05) is 13.1 Å². The minimum absolute atomic E-state index is 0.213. The Morgan fingerprint density at radius 2 is 2.16 bits per heavy atom. The number of benzene rings is 1. The predicted octanol–water partition coefficient (Wildman–Crippen LogP) is 4.05. The van der Waals surface area contributed by atoms with E-state index in [0.29, 0.717) is 17.0 Å². The third-order valence-electron chi connectivity index (χ3n) is 4.04. The Morgan fingerprint density at radius 3 is 2.79 bits per heavy atom. The normalized spacial score (nSPS) is 23.1. The van der Waals surface area contributed by atoms with E-state index in [-0.39, 0.29) is 5.56 Å². The highest BCUT2D eigenvalue weighted by atomic mass is 35.5. The van der Waals surface area contributed by atoms with Crippen molar-refractivity contribution in [1.82, 2.24) is 0 Å². The molecule has 0 amide bonds. The number of carboxylic acid groups (broad SMARTS) is 1. The number of anilines is 1. The molecule has 1 aliphatic carbocycles. The molecule has 2 atom stereocenters. The van der Waals surface area contributed by atoms with Crippen LogP contribution in [-0.2, 0) is 0 Å². The van der Waals surface area contributed by atoms with E-state index < -0.39 is 5.97 Å². The van der Waals surface area contributed by atoms with Gasteiger partial charge in [-0.3, -0.25) is 0 Å². The second kappa shape index (κ2) is 5.83. The lowest BCUT2D eigenvalue weighted by molar-refractivity contribution is 0.0697. The fourth-order valence-corrected chi connectivity index (χ4v) is 3.22. The maximum atomic E-state index is 11.4. The fraction of sp³-hybridized carbons (Fsp3) is 0.533. The van der Waals surface area contributed by atoms with Gasteiger partial charge in [0.05, 0.1) is 10.7 Å². The second-order valence-electron chi connectivity index (χ2n) is 5.48. The molecule has 0 radical (unpaired) electrons. The third-order valence-corrected chi connectivity index (χ3v) is 4.36. The van der Waals surface area contributed by atoms with Gasteiger partial charge >= 0.3 is 5.97 Å². The molecule has 1 N–H and O–H groups in total. The Balaban J connectivity index is 2.30. The predicted molar refractivity (Wildman–Crippen MR) is 78.2 cm³/mol. The van der Waals surface area contributed by atoms with Crippen LogP contribution in [0, 0.1) is 5.92 Å². The van der Waals surface area contributed by atoms with E-state index in [9.17, 15) is 9.90 Å². The number of aromatic carboxylic acids is 1. The highest BCUT2D eigenvalue weighted by Crippen LogP contribution is 2.33. The van der Waals surface area contributed by atoms with Gasteiger partial charge in [-0.25, -0.2) is 4.79 Å². The van der Waals surface area contributed by atoms with Gasteiger partial charge in [-0.05, 0) is 30.9 Å². The van der Waals surface area contributed by atoms with Crippen molar-refractivity contribution in [2.45, 2.75) is 38.6 Å². The van der Waals surface area contributed by atoms with Crippen LogP contribution in [0.2, 0.25) is 5.02 Å². The summed E-state index contributed by atoms with van der Waals surface area (Å²) >= 11 is 6.03. The standard InChI is InChI=1S/C15H20ClNO2/c1-10-5-3-6-11(9-10)17(2)13-8-4-7-12(16)14(13)15(18)19/h4,7-8,10-11H,3,5-6,9H2,1-2H3,(H,18,19). The average Bonchev–Trinajstić information content (AvgIpc) is 2.37. The highest BCUT2D eigenvalue weighted by molar-refractivity contribution is 6.34. The van der Waals surface area contributed by atoms with Crippen molar-refractivity contribution in [2.75, 3.05) is 11.9 Å². The molecule has 1 fully saturated rings. The average molecular weight is 282 g/mol. The fourth-order valence-electron chi connectivity index (χ4n) is 2.97. The number of carbonyl (C=O) groups is 1. The van der Waals surface area contributed by atoms with Crippen molar-refractivity contribution in [1.29, 1.82) is 0 Å². The molecule has 0 bridgehead atoms. The maximum absolute atomic E-state index is 11.4. The van der Waals surface area contributed by atoms with Crippen LogP contribution in [-0.4, -0.2) is 24.2 Å². The van der Waals surface area contributed by atoms with Crippen LogP contribution in [0.15, 0.2) is 18.2 Å². The molecule has 1 aromatic carbocycles. The zero-order valence-electron chi connectivity index (χ0n) is 11.4. The Bertz CT molecular complexity index is 475. The molecule has 1 aliphatic rings. The van der Waals surface area contributed by atoms with Gasteiger partial charge in [-0.15, -0.1) is 0 Å². The van der Waals surface area contributed by atoms with Gasteiger partial charge in [0.25, 0.3) is 0 Å². The molecule has 0 aromatic heterocycles. The summed E-state index contributed by atoms with van der Waals surface area (Å²) in [6, 6.07) is 5.69. The van der Waals surface area contributed by atoms with E-state index in [4.69, 9.17) is 11.6 Å².